The van der Waals surface area contributed by atoms with Gasteiger partial charge in [0.25, 0.3) is 0 Å². The van der Waals surface area contributed by atoms with Crippen molar-refractivity contribution in [2.75, 3.05) is 13.9 Å². The van der Waals surface area contributed by atoms with Gasteiger partial charge in [0.05, 0.1) is 0 Å². The summed E-state index contributed by atoms with van der Waals surface area (Å²) >= 11 is 0. The van der Waals surface area contributed by atoms with Crippen LogP contribution in [0.1, 0.15) is 12.5 Å². The summed E-state index contributed by atoms with van der Waals surface area (Å²) in [5, 5.41) is 11.4. The molecule has 0 saturated carbocycles. The molecule has 1 aromatic carbocycles. The van der Waals surface area contributed by atoms with Crippen molar-refractivity contribution in [2.45, 2.75) is 6.92 Å². The Kier molecular flexibility index (Phi) is 8.41. The van der Waals surface area contributed by atoms with Gasteiger partial charge in [-0.25, -0.2) is 0 Å². The molecule has 0 N–H and O–H groups in total. The maximum Gasteiger partial charge on any atom is 1.00 e. The van der Waals surface area contributed by atoms with Gasteiger partial charge in [0.1, 0.15) is 5.75 Å². The monoisotopic (exact) mass is 232 g/mol. The Bertz CT molecular complexity index is 324. The van der Waals surface area contributed by atoms with E-state index in [0.717, 1.165) is 5.56 Å². The summed E-state index contributed by atoms with van der Waals surface area (Å²) in [5.41, 5.74) is 0.877. The van der Waals surface area contributed by atoms with E-state index in [1.165, 1.54) is 13.2 Å². The molecule has 0 aliphatic rings. The molecule has 0 aliphatic heterocycles. The molecule has 0 heterocycles. The van der Waals surface area contributed by atoms with E-state index >= 15 is 0 Å². The van der Waals surface area contributed by atoms with E-state index in [1.54, 1.807) is 6.07 Å². The third kappa shape index (κ3) is 5.15. The second kappa shape index (κ2) is 8.32. The molecule has 0 bridgehead atoms. The standard InChI is InChI=1S/C11H14O3.K/c1-3-4-9-5-6-11(10(12)7-9)14-8-13-2;/h3-7,12H,8H2,1-2H3;/q;+1/p-1/b4-3+;. The smallest absolute Gasteiger partial charge is 0.870 e. The summed E-state index contributed by atoms with van der Waals surface area (Å²) in [6.45, 7) is 2.00. The zero-order valence-electron chi connectivity index (χ0n) is 9.32. The maximum absolute atomic E-state index is 11.4. The van der Waals surface area contributed by atoms with Crippen LogP contribution in [0.3, 0.4) is 0 Å². The van der Waals surface area contributed by atoms with Gasteiger partial charge in [0, 0.05) is 7.11 Å². The summed E-state index contributed by atoms with van der Waals surface area (Å²) < 4.78 is 9.76. The van der Waals surface area contributed by atoms with Crippen LogP contribution in [0.25, 0.3) is 6.08 Å². The van der Waals surface area contributed by atoms with Crippen LogP contribution >= 0.6 is 0 Å². The minimum Gasteiger partial charge on any atom is -0.870 e. The summed E-state index contributed by atoms with van der Waals surface area (Å²) in [7, 11) is 1.51. The van der Waals surface area contributed by atoms with Crippen molar-refractivity contribution in [1.82, 2.24) is 0 Å². The molecule has 0 unspecified atom stereocenters. The van der Waals surface area contributed by atoms with Gasteiger partial charge in [-0.1, -0.05) is 30.0 Å². The Morgan fingerprint density at radius 2 is 2.13 bits per heavy atom. The first kappa shape index (κ1) is 15.2. The van der Waals surface area contributed by atoms with Gasteiger partial charge < -0.3 is 14.6 Å². The fourth-order valence-corrected chi connectivity index (χ4v) is 1.06. The largest absolute Gasteiger partial charge is 1.00 e. The molecule has 0 atom stereocenters. The molecule has 1 rings (SSSR count). The average molecular weight is 232 g/mol. The summed E-state index contributed by atoms with van der Waals surface area (Å²) in [6, 6.07) is 5.01. The van der Waals surface area contributed by atoms with E-state index in [-0.39, 0.29) is 63.9 Å². The average Bonchev–Trinajstić information content (AvgIpc) is 2.17. The number of benzene rings is 1. The summed E-state index contributed by atoms with van der Waals surface area (Å²) in [4.78, 5) is 0. The molecule has 3 nitrogen and oxygen atoms in total. The third-order valence-corrected chi connectivity index (χ3v) is 1.66. The Labute approximate surface area is 133 Å². The zero-order valence-corrected chi connectivity index (χ0v) is 12.4. The van der Waals surface area contributed by atoms with Crippen molar-refractivity contribution in [1.29, 1.82) is 0 Å². The first-order valence-corrected chi connectivity index (χ1v) is 4.33. The topological polar surface area (TPSA) is 41.5 Å². The number of methoxy groups -OCH3 is 1. The Balaban J connectivity index is 0.00000196. The predicted molar refractivity (Wildman–Crippen MR) is 53.1 cm³/mol. The van der Waals surface area contributed by atoms with Crippen LogP contribution in [0.4, 0.5) is 0 Å². The van der Waals surface area contributed by atoms with E-state index in [2.05, 4.69) is 0 Å². The van der Waals surface area contributed by atoms with Crippen LogP contribution in [0, 0.1) is 0 Å². The third-order valence-electron chi connectivity index (χ3n) is 1.66. The minimum atomic E-state index is -0.127. The molecule has 0 fully saturated rings. The van der Waals surface area contributed by atoms with Gasteiger partial charge in [0.15, 0.2) is 6.79 Å². The molecule has 76 valence electrons. The Hall–Kier alpha value is 0.156. The molecule has 0 aromatic heterocycles. The number of allylic oxidation sites excluding steroid dienone is 1. The van der Waals surface area contributed by atoms with E-state index in [4.69, 9.17) is 9.47 Å². The second-order valence-electron chi connectivity index (χ2n) is 2.76. The van der Waals surface area contributed by atoms with E-state index in [9.17, 15) is 5.11 Å². The van der Waals surface area contributed by atoms with Gasteiger partial charge in [0.2, 0.25) is 0 Å². The SMILES string of the molecule is C/C=C/c1ccc(OCOC)c([O-])c1.[K+]. The first-order chi connectivity index (χ1) is 6.77. The number of ether oxygens (including phenoxy) is 2. The summed E-state index contributed by atoms with van der Waals surface area (Å²) in [6.07, 6.45) is 3.74. The second-order valence-corrected chi connectivity index (χ2v) is 2.76. The Morgan fingerprint density at radius 3 is 2.67 bits per heavy atom. The molecule has 0 radical (unpaired) electrons. The molecule has 15 heavy (non-hydrogen) atoms. The molecule has 0 spiro atoms. The molecular formula is C11H13KO3. The van der Waals surface area contributed by atoms with Crippen molar-refractivity contribution >= 4 is 6.08 Å². The zero-order chi connectivity index (χ0) is 10.4. The van der Waals surface area contributed by atoms with Gasteiger partial charge in [-0.15, -0.1) is 0 Å². The van der Waals surface area contributed by atoms with Crippen LogP contribution in [0.5, 0.6) is 11.5 Å². The number of hydrogen-bond donors (Lipinski definition) is 0. The van der Waals surface area contributed by atoms with Gasteiger partial charge >= 0.3 is 51.4 Å². The Morgan fingerprint density at radius 1 is 1.40 bits per heavy atom. The molecule has 4 heteroatoms. The fourth-order valence-electron chi connectivity index (χ4n) is 1.06. The van der Waals surface area contributed by atoms with E-state index in [0.29, 0.717) is 5.75 Å². The molecule has 0 aliphatic carbocycles. The van der Waals surface area contributed by atoms with Crippen molar-refractivity contribution in [3.05, 3.63) is 29.8 Å². The summed E-state index contributed by atoms with van der Waals surface area (Å²) in [5.74, 6) is 0.192. The fraction of sp³-hybridized carbons (Fsp3) is 0.273. The maximum atomic E-state index is 11.4. The van der Waals surface area contributed by atoms with Crippen LogP contribution < -0.4 is 61.2 Å². The van der Waals surface area contributed by atoms with Gasteiger partial charge in [-0.2, -0.15) is 0 Å². The van der Waals surface area contributed by atoms with Gasteiger partial charge in [-0.05, 0) is 18.6 Å². The number of rotatable bonds is 4. The quantitative estimate of drug-likeness (QED) is 0.483. The normalized spacial score (nSPS) is 10.0. The van der Waals surface area contributed by atoms with Crippen molar-refractivity contribution in [2.24, 2.45) is 0 Å². The molecule has 1 aromatic rings. The molecule has 0 amide bonds. The van der Waals surface area contributed by atoms with Crippen LogP contribution in [0.15, 0.2) is 24.3 Å². The van der Waals surface area contributed by atoms with E-state index in [1.807, 2.05) is 25.1 Å². The van der Waals surface area contributed by atoms with Gasteiger partial charge in [-0.3, -0.25) is 0 Å². The van der Waals surface area contributed by atoms with Crippen LogP contribution in [0.2, 0.25) is 0 Å². The van der Waals surface area contributed by atoms with Crippen molar-refractivity contribution in [3.63, 3.8) is 0 Å². The van der Waals surface area contributed by atoms with Crippen LogP contribution in [-0.2, 0) is 4.74 Å². The van der Waals surface area contributed by atoms with Crippen molar-refractivity contribution < 1.29 is 66.0 Å². The minimum absolute atomic E-state index is 0. The van der Waals surface area contributed by atoms with Crippen LogP contribution in [-0.4, -0.2) is 13.9 Å². The predicted octanol–water partition coefficient (Wildman–Crippen LogP) is -1.22. The first-order valence-electron chi connectivity index (χ1n) is 4.33. The molecular weight excluding hydrogens is 219 g/mol. The van der Waals surface area contributed by atoms with E-state index < -0.39 is 0 Å². The van der Waals surface area contributed by atoms with Crippen molar-refractivity contribution in [3.8, 4) is 11.5 Å². The number of hydrogen-bond acceptors (Lipinski definition) is 3. The molecule has 0 saturated heterocycles.